The summed E-state index contributed by atoms with van der Waals surface area (Å²) in [5.74, 6) is 1.64. The van der Waals surface area contributed by atoms with Crippen molar-refractivity contribution in [3.8, 4) is 11.5 Å². The van der Waals surface area contributed by atoms with E-state index in [4.69, 9.17) is 9.47 Å². The Hall–Kier alpha value is -2.81. The number of hydrogen-bond donors (Lipinski definition) is 0. The maximum absolute atomic E-state index is 5.42. The third-order valence-electron chi connectivity index (χ3n) is 3.91. The molecule has 3 nitrogen and oxygen atoms in total. The molecule has 2 aromatic carbocycles. The monoisotopic (exact) mass is 306 g/mol. The Morgan fingerprint density at radius 2 is 1.65 bits per heavy atom. The van der Waals surface area contributed by atoms with E-state index in [0.29, 0.717) is 0 Å². The standard InChI is InChI=1S/C20H20NO2/c1-21-14-17-7-5-4-6-15(17)12-18(21)9-8-16-13-19(22-2)10-11-20(16)23-3/h4-14H,1-3H3/q+1/b9-8-. The molecule has 3 aromatic rings. The number of benzene rings is 2. The molecule has 0 spiro atoms. The molecule has 116 valence electrons. The van der Waals surface area contributed by atoms with E-state index in [1.165, 1.54) is 10.8 Å². The molecule has 0 amide bonds. The van der Waals surface area contributed by atoms with Crippen molar-refractivity contribution in [2.75, 3.05) is 14.2 Å². The Labute approximate surface area is 136 Å². The summed E-state index contributed by atoms with van der Waals surface area (Å²) < 4.78 is 12.8. The third kappa shape index (κ3) is 3.19. The summed E-state index contributed by atoms with van der Waals surface area (Å²) in [6, 6.07) is 16.3. The third-order valence-corrected chi connectivity index (χ3v) is 3.91. The van der Waals surface area contributed by atoms with Gasteiger partial charge in [0.1, 0.15) is 18.5 Å². The number of ether oxygens (including phenoxy) is 2. The van der Waals surface area contributed by atoms with Crippen LogP contribution in [0.2, 0.25) is 0 Å². The number of rotatable bonds is 4. The molecular weight excluding hydrogens is 286 g/mol. The first-order chi connectivity index (χ1) is 11.2. The zero-order valence-electron chi connectivity index (χ0n) is 13.6. The van der Waals surface area contributed by atoms with Gasteiger partial charge in [0.05, 0.1) is 14.2 Å². The summed E-state index contributed by atoms with van der Waals surface area (Å²) in [5.41, 5.74) is 2.11. The fraction of sp³-hybridized carbons (Fsp3) is 0.150. The zero-order chi connectivity index (χ0) is 16.2. The first-order valence-electron chi connectivity index (χ1n) is 7.50. The van der Waals surface area contributed by atoms with Crippen molar-refractivity contribution in [1.82, 2.24) is 0 Å². The predicted molar refractivity (Wildman–Crippen MR) is 93.6 cm³/mol. The van der Waals surface area contributed by atoms with E-state index >= 15 is 0 Å². The van der Waals surface area contributed by atoms with Crippen molar-refractivity contribution < 1.29 is 14.0 Å². The maximum Gasteiger partial charge on any atom is 0.205 e. The highest BCUT2D eigenvalue weighted by Gasteiger charge is 2.07. The van der Waals surface area contributed by atoms with Crippen LogP contribution in [0.3, 0.4) is 0 Å². The van der Waals surface area contributed by atoms with E-state index in [2.05, 4.69) is 54.2 Å². The summed E-state index contributed by atoms with van der Waals surface area (Å²) in [6.45, 7) is 0. The molecule has 0 fully saturated rings. The Kier molecular flexibility index (Phi) is 4.29. The van der Waals surface area contributed by atoms with E-state index in [1.54, 1.807) is 14.2 Å². The van der Waals surface area contributed by atoms with Gasteiger partial charge in [-0.15, -0.1) is 0 Å². The molecule has 3 rings (SSSR count). The van der Waals surface area contributed by atoms with Crippen molar-refractivity contribution >= 4 is 22.9 Å². The van der Waals surface area contributed by atoms with Crippen LogP contribution in [0.25, 0.3) is 22.9 Å². The highest BCUT2D eigenvalue weighted by Crippen LogP contribution is 2.25. The van der Waals surface area contributed by atoms with Crippen LogP contribution in [0, 0.1) is 0 Å². The Morgan fingerprint density at radius 1 is 0.870 bits per heavy atom. The molecule has 3 heteroatoms. The van der Waals surface area contributed by atoms with Crippen LogP contribution in [0.1, 0.15) is 11.3 Å². The van der Waals surface area contributed by atoms with E-state index in [9.17, 15) is 0 Å². The minimum atomic E-state index is 0.813. The molecule has 23 heavy (non-hydrogen) atoms. The number of nitrogens with zero attached hydrogens (tertiary/aromatic N) is 1. The fourth-order valence-electron chi connectivity index (χ4n) is 2.61. The van der Waals surface area contributed by atoms with Gasteiger partial charge in [-0.1, -0.05) is 18.2 Å². The molecule has 1 aromatic heterocycles. The molecule has 1 heterocycles. The molecule has 0 aliphatic rings. The van der Waals surface area contributed by atoms with Crippen LogP contribution < -0.4 is 14.0 Å². The van der Waals surface area contributed by atoms with Gasteiger partial charge in [-0.2, -0.15) is 0 Å². The Balaban J connectivity index is 2.01. The minimum Gasteiger partial charge on any atom is -0.497 e. The van der Waals surface area contributed by atoms with Crippen LogP contribution in [-0.4, -0.2) is 14.2 Å². The summed E-state index contributed by atoms with van der Waals surface area (Å²) in [7, 11) is 5.39. The van der Waals surface area contributed by atoms with Gasteiger partial charge >= 0.3 is 0 Å². The van der Waals surface area contributed by atoms with Crippen molar-refractivity contribution in [3.63, 3.8) is 0 Å². The molecule has 0 unspecified atom stereocenters. The molecule has 0 saturated carbocycles. The van der Waals surface area contributed by atoms with Crippen molar-refractivity contribution in [3.05, 3.63) is 66.0 Å². The van der Waals surface area contributed by atoms with Crippen LogP contribution in [-0.2, 0) is 7.05 Å². The largest absolute Gasteiger partial charge is 0.497 e. The quantitative estimate of drug-likeness (QED) is 0.683. The highest BCUT2D eigenvalue weighted by molar-refractivity contribution is 5.83. The van der Waals surface area contributed by atoms with Crippen LogP contribution in [0.15, 0.2) is 54.7 Å². The fourth-order valence-corrected chi connectivity index (χ4v) is 2.61. The highest BCUT2D eigenvalue weighted by atomic mass is 16.5. The van der Waals surface area contributed by atoms with Gasteiger partial charge in [0, 0.05) is 23.1 Å². The second-order valence-electron chi connectivity index (χ2n) is 5.38. The van der Waals surface area contributed by atoms with E-state index in [-0.39, 0.29) is 0 Å². The summed E-state index contributed by atoms with van der Waals surface area (Å²) in [4.78, 5) is 0. The van der Waals surface area contributed by atoms with Crippen LogP contribution in [0.5, 0.6) is 11.5 Å². The van der Waals surface area contributed by atoms with Gasteiger partial charge in [0.25, 0.3) is 0 Å². The summed E-state index contributed by atoms with van der Waals surface area (Å²) in [5, 5.41) is 2.45. The van der Waals surface area contributed by atoms with Gasteiger partial charge in [0.15, 0.2) is 6.20 Å². The number of hydrogen-bond acceptors (Lipinski definition) is 2. The van der Waals surface area contributed by atoms with Gasteiger partial charge in [-0.25, -0.2) is 4.57 Å². The zero-order valence-corrected chi connectivity index (χ0v) is 13.6. The van der Waals surface area contributed by atoms with Crippen molar-refractivity contribution in [2.45, 2.75) is 0 Å². The first kappa shape index (κ1) is 15.1. The van der Waals surface area contributed by atoms with E-state index in [0.717, 1.165) is 22.8 Å². The molecular formula is C20H20NO2+. The minimum absolute atomic E-state index is 0.813. The number of fused-ring (bicyclic) bond motifs is 1. The number of pyridine rings is 1. The smallest absolute Gasteiger partial charge is 0.205 e. The molecule has 0 saturated heterocycles. The molecule has 0 aliphatic heterocycles. The number of aromatic nitrogens is 1. The topological polar surface area (TPSA) is 22.3 Å². The molecule has 0 atom stereocenters. The maximum atomic E-state index is 5.42. The predicted octanol–water partition coefficient (Wildman–Crippen LogP) is 3.85. The summed E-state index contributed by atoms with van der Waals surface area (Å²) >= 11 is 0. The second kappa shape index (κ2) is 6.53. The lowest BCUT2D eigenvalue weighted by atomic mass is 10.1. The lowest BCUT2D eigenvalue weighted by Crippen LogP contribution is -2.31. The van der Waals surface area contributed by atoms with Gasteiger partial charge in [0.2, 0.25) is 5.69 Å². The number of methoxy groups -OCH3 is 2. The average molecular weight is 306 g/mol. The van der Waals surface area contributed by atoms with Gasteiger partial charge in [-0.05, 0) is 35.7 Å². The molecule has 0 aliphatic carbocycles. The number of aryl methyl sites for hydroxylation is 1. The first-order valence-corrected chi connectivity index (χ1v) is 7.50. The molecule has 0 bridgehead atoms. The Bertz CT molecular complexity index is 869. The summed E-state index contributed by atoms with van der Waals surface area (Å²) in [6.07, 6.45) is 6.27. The SMILES string of the molecule is COc1ccc(OC)c(/C=C\c2cc3ccccc3c[n+]2C)c1. The lowest BCUT2D eigenvalue weighted by molar-refractivity contribution is -0.671. The van der Waals surface area contributed by atoms with Crippen LogP contribution >= 0.6 is 0 Å². The average Bonchev–Trinajstić information content (AvgIpc) is 2.59. The Morgan fingerprint density at radius 3 is 2.39 bits per heavy atom. The molecule has 0 N–H and O–H groups in total. The van der Waals surface area contributed by atoms with Crippen molar-refractivity contribution in [2.24, 2.45) is 7.05 Å². The lowest BCUT2D eigenvalue weighted by Gasteiger charge is -2.07. The van der Waals surface area contributed by atoms with Crippen molar-refractivity contribution in [1.29, 1.82) is 0 Å². The molecule has 0 radical (unpaired) electrons. The second-order valence-corrected chi connectivity index (χ2v) is 5.38. The normalized spacial score (nSPS) is 11.1. The van der Waals surface area contributed by atoms with Gasteiger partial charge in [-0.3, -0.25) is 0 Å². The van der Waals surface area contributed by atoms with Crippen LogP contribution in [0.4, 0.5) is 0 Å². The van der Waals surface area contributed by atoms with Gasteiger partial charge < -0.3 is 9.47 Å². The van der Waals surface area contributed by atoms with E-state index in [1.807, 2.05) is 24.3 Å². The van der Waals surface area contributed by atoms with E-state index < -0.39 is 0 Å².